The van der Waals surface area contributed by atoms with E-state index in [2.05, 4.69) is 25.3 Å². The van der Waals surface area contributed by atoms with Gasteiger partial charge in [0.15, 0.2) is 11.6 Å². The van der Waals surface area contributed by atoms with Crippen LogP contribution in [0.5, 0.6) is 11.6 Å². The minimum Gasteiger partial charge on any atom is -0.487 e. The molecule has 38 heavy (non-hydrogen) atoms. The Morgan fingerprint density at radius 1 is 1.21 bits per heavy atom. The van der Waals surface area contributed by atoms with Crippen molar-refractivity contribution in [2.24, 2.45) is 0 Å². The second kappa shape index (κ2) is 10.7. The van der Waals surface area contributed by atoms with Crippen LogP contribution in [0, 0.1) is 12.7 Å². The van der Waals surface area contributed by atoms with Gasteiger partial charge in [0, 0.05) is 17.8 Å². The molecular weight excluding hydrogens is 533 g/mol. The van der Waals surface area contributed by atoms with Gasteiger partial charge in [0.25, 0.3) is 0 Å². The molecule has 3 heterocycles. The number of ether oxygens (including phenoxy) is 3. The van der Waals surface area contributed by atoms with Gasteiger partial charge in [-0.3, -0.25) is 10.3 Å². The van der Waals surface area contributed by atoms with Gasteiger partial charge in [0.1, 0.15) is 28.3 Å². The quantitative estimate of drug-likeness (QED) is 0.246. The zero-order valence-electron chi connectivity index (χ0n) is 20.5. The number of benzene rings is 2. The first kappa shape index (κ1) is 25.6. The monoisotopic (exact) mass is 553 g/mol. The molecular formula is C26H21ClFN5O4S. The highest BCUT2D eigenvalue weighted by Gasteiger charge is 2.21. The highest BCUT2D eigenvalue weighted by atomic mass is 35.5. The molecule has 5 rings (SSSR count). The average molecular weight is 554 g/mol. The van der Waals surface area contributed by atoms with E-state index < -0.39 is 18.0 Å². The average Bonchev–Trinajstić information content (AvgIpc) is 3.33. The van der Waals surface area contributed by atoms with Crippen molar-refractivity contribution in [2.75, 3.05) is 19.0 Å². The molecule has 0 aliphatic heterocycles. The summed E-state index contributed by atoms with van der Waals surface area (Å²) in [6.45, 7) is 3.48. The summed E-state index contributed by atoms with van der Waals surface area (Å²) in [7, 11) is 1.53. The van der Waals surface area contributed by atoms with Crippen LogP contribution in [0.25, 0.3) is 31.8 Å². The van der Waals surface area contributed by atoms with Crippen LogP contribution in [0.4, 0.5) is 14.9 Å². The first-order valence-corrected chi connectivity index (χ1v) is 12.6. The maximum atomic E-state index is 15.1. The standard InChI is InChI=1S/C26H21ClFN5O4S/c1-13-7-16(23-17(8-13)32-20(35-3)11-30-23)25-33-24-19(38-25)9-18(22(28)21(24)27)36-12-14(2)37-26(34)31-15-5-4-6-29-10-15/h4-11,14H,12H2,1-3H3,(H,31,34)/t14-/m1/s1. The largest absolute Gasteiger partial charge is 0.487 e. The topological polar surface area (TPSA) is 108 Å². The molecule has 12 heteroatoms. The van der Waals surface area contributed by atoms with Crippen molar-refractivity contribution in [2.45, 2.75) is 20.0 Å². The highest BCUT2D eigenvalue weighted by Crippen LogP contribution is 2.40. The third-order valence-electron chi connectivity index (χ3n) is 5.43. The Labute approximate surface area is 225 Å². The maximum Gasteiger partial charge on any atom is 0.412 e. The second-order valence-electron chi connectivity index (χ2n) is 8.35. The molecule has 0 aliphatic rings. The van der Waals surface area contributed by atoms with E-state index in [-0.39, 0.29) is 17.4 Å². The van der Waals surface area contributed by atoms with Gasteiger partial charge in [-0.2, -0.15) is 0 Å². The number of aromatic nitrogens is 4. The number of thiazole rings is 1. The fourth-order valence-electron chi connectivity index (χ4n) is 3.72. The summed E-state index contributed by atoms with van der Waals surface area (Å²) in [5.41, 5.74) is 3.80. The van der Waals surface area contributed by atoms with Crippen molar-refractivity contribution in [1.29, 1.82) is 0 Å². The van der Waals surface area contributed by atoms with E-state index in [1.807, 2.05) is 19.1 Å². The number of nitrogens with zero attached hydrogens (tertiary/aromatic N) is 4. The van der Waals surface area contributed by atoms with E-state index in [0.29, 0.717) is 37.8 Å². The van der Waals surface area contributed by atoms with Crippen LogP contribution >= 0.6 is 22.9 Å². The van der Waals surface area contributed by atoms with Crippen molar-refractivity contribution < 1.29 is 23.4 Å². The lowest BCUT2D eigenvalue weighted by atomic mass is 10.1. The molecule has 9 nitrogen and oxygen atoms in total. The Kier molecular flexibility index (Phi) is 7.21. The van der Waals surface area contributed by atoms with E-state index >= 15 is 4.39 Å². The zero-order chi connectivity index (χ0) is 26.8. The number of anilines is 1. The zero-order valence-corrected chi connectivity index (χ0v) is 22.1. The molecule has 194 valence electrons. The third-order valence-corrected chi connectivity index (χ3v) is 6.81. The van der Waals surface area contributed by atoms with Crippen LogP contribution in [0.2, 0.25) is 5.02 Å². The van der Waals surface area contributed by atoms with Crippen molar-refractivity contribution in [1.82, 2.24) is 19.9 Å². The molecule has 2 aromatic carbocycles. The first-order valence-electron chi connectivity index (χ1n) is 11.4. The number of nitrogens with one attached hydrogen (secondary N) is 1. The number of carbonyl (C=O) groups is 1. The molecule has 1 N–H and O–H groups in total. The Morgan fingerprint density at radius 2 is 2.05 bits per heavy atom. The molecule has 0 spiro atoms. The van der Waals surface area contributed by atoms with Gasteiger partial charge in [-0.15, -0.1) is 11.3 Å². The summed E-state index contributed by atoms with van der Waals surface area (Å²) in [5.74, 6) is -0.417. The van der Waals surface area contributed by atoms with Gasteiger partial charge in [-0.25, -0.2) is 24.1 Å². The normalized spacial score (nSPS) is 11.9. The van der Waals surface area contributed by atoms with E-state index in [9.17, 15) is 4.79 Å². The molecule has 5 aromatic rings. The Morgan fingerprint density at radius 3 is 2.82 bits per heavy atom. The summed E-state index contributed by atoms with van der Waals surface area (Å²) in [6.07, 6.45) is 3.26. The molecule has 0 aliphatic carbocycles. The third kappa shape index (κ3) is 5.29. The summed E-state index contributed by atoms with van der Waals surface area (Å²) >= 11 is 7.68. The SMILES string of the molecule is COc1cnc2c(-c3nc4c(Cl)c(F)c(OC[C@@H](C)OC(=O)Nc5cccnc5)cc4s3)cc(C)cc2n1. The van der Waals surface area contributed by atoms with Crippen LogP contribution in [-0.4, -0.2) is 45.8 Å². The Balaban J connectivity index is 1.37. The second-order valence-corrected chi connectivity index (χ2v) is 9.76. The van der Waals surface area contributed by atoms with E-state index in [1.54, 1.807) is 25.3 Å². The fourth-order valence-corrected chi connectivity index (χ4v) is 5.03. The molecule has 0 radical (unpaired) electrons. The number of fused-ring (bicyclic) bond motifs is 2. The van der Waals surface area contributed by atoms with Crippen molar-refractivity contribution in [3.8, 4) is 22.2 Å². The molecule has 0 saturated carbocycles. The lowest BCUT2D eigenvalue weighted by molar-refractivity contribution is 0.0844. The number of hydrogen-bond acceptors (Lipinski definition) is 9. The first-order chi connectivity index (χ1) is 18.3. The number of carbonyl (C=O) groups excluding carboxylic acids is 1. The van der Waals surface area contributed by atoms with Crippen LogP contribution in [0.3, 0.4) is 0 Å². The smallest absolute Gasteiger partial charge is 0.412 e. The summed E-state index contributed by atoms with van der Waals surface area (Å²) in [5, 5.41) is 3.01. The number of methoxy groups -OCH3 is 1. The van der Waals surface area contributed by atoms with Crippen LogP contribution in [0.15, 0.2) is 48.9 Å². The predicted molar refractivity (Wildman–Crippen MR) is 144 cm³/mol. The van der Waals surface area contributed by atoms with Gasteiger partial charge in [-0.1, -0.05) is 11.6 Å². The van der Waals surface area contributed by atoms with Crippen LogP contribution in [0.1, 0.15) is 12.5 Å². The minimum absolute atomic E-state index is 0.0700. The van der Waals surface area contributed by atoms with Gasteiger partial charge in [-0.05, 0) is 43.7 Å². The van der Waals surface area contributed by atoms with Gasteiger partial charge in [0.05, 0.1) is 40.9 Å². The van der Waals surface area contributed by atoms with Crippen LogP contribution in [-0.2, 0) is 4.74 Å². The Bertz CT molecular complexity index is 1650. The van der Waals surface area contributed by atoms with Crippen molar-refractivity contribution >= 4 is 56.0 Å². The molecule has 1 amide bonds. The molecule has 0 saturated heterocycles. The minimum atomic E-state index is -0.748. The lowest BCUT2D eigenvalue weighted by Crippen LogP contribution is -2.25. The predicted octanol–water partition coefficient (Wildman–Crippen LogP) is 6.43. The van der Waals surface area contributed by atoms with Gasteiger partial charge in [0.2, 0.25) is 5.88 Å². The molecule has 3 aromatic heterocycles. The molecule has 0 bridgehead atoms. The summed E-state index contributed by atoms with van der Waals surface area (Å²) in [4.78, 5) is 29.6. The van der Waals surface area contributed by atoms with E-state index in [0.717, 1.165) is 11.1 Å². The van der Waals surface area contributed by atoms with Crippen molar-refractivity contribution in [3.63, 3.8) is 0 Å². The lowest BCUT2D eigenvalue weighted by Gasteiger charge is -2.15. The molecule has 0 unspecified atom stereocenters. The number of halogens is 2. The number of amides is 1. The van der Waals surface area contributed by atoms with Gasteiger partial charge >= 0.3 is 6.09 Å². The summed E-state index contributed by atoms with van der Waals surface area (Å²) < 4.78 is 31.8. The number of hydrogen-bond donors (Lipinski definition) is 1. The maximum absolute atomic E-state index is 15.1. The fraction of sp³-hybridized carbons (Fsp3) is 0.192. The highest BCUT2D eigenvalue weighted by molar-refractivity contribution is 7.21. The van der Waals surface area contributed by atoms with Crippen LogP contribution < -0.4 is 14.8 Å². The molecule has 1 atom stereocenters. The van der Waals surface area contributed by atoms with Crippen molar-refractivity contribution in [3.05, 3.63) is 65.3 Å². The Hall–Kier alpha value is -4.09. The number of aryl methyl sites for hydroxylation is 1. The summed E-state index contributed by atoms with van der Waals surface area (Å²) in [6, 6.07) is 8.74. The number of pyridine rings is 1. The number of rotatable bonds is 7. The van der Waals surface area contributed by atoms with Gasteiger partial charge < -0.3 is 14.2 Å². The van der Waals surface area contributed by atoms with E-state index in [4.69, 9.17) is 25.8 Å². The molecule has 0 fully saturated rings. The van der Waals surface area contributed by atoms with E-state index in [1.165, 1.54) is 36.9 Å².